The molecule has 1 saturated carbocycles. The molecule has 11 heteroatoms. The Morgan fingerprint density at radius 2 is 1.68 bits per heavy atom. The lowest BCUT2D eigenvalue weighted by molar-refractivity contribution is -0.108. The van der Waals surface area contributed by atoms with Crippen LogP contribution >= 0.6 is 0 Å². The van der Waals surface area contributed by atoms with Gasteiger partial charge in [-0.05, 0) is 48.7 Å². The normalized spacial score (nSPS) is 14.2. The maximum absolute atomic E-state index is 14.5. The van der Waals surface area contributed by atoms with Gasteiger partial charge in [0.15, 0.2) is 5.75 Å². The first-order chi connectivity index (χ1) is 19.3. The maximum Gasteiger partial charge on any atom is 0.232 e. The Balaban J connectivity index is 1.62. The Morgan fingerprint density at radius 3 is 2.35 bits per heavy atom. The number of benzene rings is 2. The minimum atomic E-state index is -4.46. The zero-order chi connectivity index (χ0) is 28.4. The third kappa shape index (κ3) is 4.97. The molecule has 0 spiro atoms. The first-order valence-corrected chi connectivity index (χ1v) is 14.2. The van der Waals surface area contributed by atoms with Crippen LogP contribution in [0.15, 0.2) is 64.6 Å². The highest BCUT2D eigenvalue weighted by Gasteiger charge is 2.28. The van der Waals surface area contributed by atoms with Gasteiger partial charge in [0.1, 0.15) is 27.1 Å². The van der Waals surface area contributed by atoms with E-state index in [0.29, 0.717) is 39.5 Å². The number of sulfone groups is 1. The van der Waals surface area contributed by atoms with Crippen molar-refractivity contribution in [2.45, 2.75) is 47.9 Å². The predicted molar refractivity (Wildman–Crippen MR) is 145 cm³/mol. The molecule has 0 atom stereocenters. The van der Waals surface area contributed by atoms with Gasteiger partial charge in [-0.2, -0.15) is 0 Å². The Hall–Kier alpha value is -4.12. The van der Waals surface area contributed by atoms with Gasteiger partial charge in [0.05, 0.1) is 25.9 Å². The number of halogens is 2. The highest BCUT2D eigenvalue weighted by molar-refractivity contribution is 7.91. The van der Waals surface area contributed by atoms with Crippen molar-refractivity contribution < 1.29 is 31.5 Å². The summed E-state index contributed by atoms with van der Waals surface area (Å²) in [4.78, 5) is 21.5. The SMILES string of the molecule is COc1ncc(-c2ccc3ncc(N(C=O)C4CCCCC4)c(OC)c3c2)cc1S(=O)(=O)c1ccc(F)cc1F. The van der Waals surface area contributed by atoms with Gasteiger partial charge < -0.3 is 14.4 Å². The molecular weight excluding hydrogens is 540 g/mol. The lowest BCUT2D eigenvalue weighted by Gasteiger charge is -2.32. The predicted octanol–water partition coefficient (Wildman–Crippen LogP) is 5.72. The number of nitrogens with zero attached hydrogens (tertiary/aromatic N) is 3. The monoisotopic (exact) mass is 567 g/mol. The minimum absolute atomic E-state index is 0.0491. The van der Waals surface area contributed by atoms with Crippen LogP contribution in [0.5, 0.6) is 11.6 Å². The molecule has 0 aliphatic heterocycles. The summed E-state index contributed by atoms with van der Waals surface area (Å²) in [6, 6.07) is 8.88. The molecule has 2 aromatic heterocycles. The molecule has 0 N–H and O–H groups in total. The smallest absolute Gasteiger partial charge is 0.232 e. The zero-order valence-corrected chi connectivity index (χ0v) is 22.7. The molecule has 208 valence electrons. The molecule has 1 aliphatic rings. The number of anilines is 1. The van der Waals surface area contributed by atoms with Crippen LogP contribution in [0, 0.1) is 11.6 Å². The van der Waals surface area contributed by atoms with Crippen molar-refractivity contribution in [3.8, 4) is 22.8 Å². The fraction of sp³-hybridized carbons (Fsp3) is 0.276. The lowest BCUT2D eigenvalue weighted by Crippen LogP contribution is -2.36. The van der Waals surface area contributed by atoms with Crippen molar-refractivity contribution in [1.82, 2.24) is 9.97 Å². The van der Waals surface area contributed by atoms with Gasteiger partial charge in [-0.15, -0.1) is 0 Å². The third-order valence-corrected chi connectivity index (χ3v) is 8.96. The van der Waals surface area contributed by atoms with Gasteiger partial charge in [0.2, 0.25) is 22.1 Å². The van der Waals surface area contributed by atoms with Crippen molar-refractivity contribution in [2.24, 2.45) is 0 Å². The van der Waals surface area contributed by atoms with Gasteiger partial charge in [-0.1, -0.05) is 25.3 Å². The summed E-state index contributed by atoms with van der Waals surface area (Å²) in [5.41, 5.74) is 2.14. The number of hydrogen-bond donors (Lipinski definition) is 0. The first kappa shape index (κ1) is 27.4. The quantitative estimate of drug-likeness (QED) is 0.198. The fourth-order valence-corrected chi connectivity index (χ4v) is 6.63. The molecule has 2 aromatic carbocycles. The van der Waals surface area contributed by atoms with Crippen molar-refractivity contribution in [1.29, 1.82) is 0 Å². The summed E-state index contributed by atoms with van der Waals surface area (Å²) >= 11 is 0. The maximum atomic E-state index is 14.5. The molecule has 4 aromatic rings. The third-order valence-electron chi connectivity index (χ3n) is 7.18. The second-order valence-corrected chi connectivity index (χ2v) is 11.4. The van der Waals surface area contributed by atoms with E-state index in [1.165, 1.54) is 26.5 Å². The van der Waals surface area contributed by atoms with Gasteiger partial charge in [-0.3, -0.25) is 9.78 Å². The molecule has 0 bridgehead atoms. The highest BCUT2D eigenvalue weighted by atomic mass is 32.2. The molecule has 8 nitrogen and oxygen atoms in total. The summed E-state index contributed by atoms with van der Waals surface area (Å²) < 4.78 is 65.7. The highest BCUT2D eigenvalue weighted by Crippen LogP contribution is 2.40. The Kier molecular flexibility index (Phi) is 7.66. The summed E-state index contributed by atoms with van der Waals surface area (Å²) in [6.07, 6.45) is 8.88. The number of aromatic nitrogens is 2. The second-order valence-electron chi connectivity index (χ2n) is 9.52. The van der Waals surface area contributed by atoms with Crippen LogP contribution in [0.4, 0.5) is 14.5 Å². The fourth-order valence-electron chi connectivity index (χ4n) is 5.18. The number of carbonyl (C=O) groups excluding carboxylic acids is 1. The lowest BCUT2D eigenvalue weighted by atomic mass is 9.94. The molecule has 5 rings (SSSR count). The summed E-state index contributed by atoms with van der Waals surface area (Å²) in [5, 5.41) is 0.616. The van der Waals surface area contributed by atoms with Crippen LogP contribution in [-0.4, -0.2) is 45.1 Å². The van der Waals surface area contributed by atoms with Crippen molar-refractivity contribution in [3.63, 3.8) is 0 Å². The van der Waals surface area contributed by atoms with E-state index in [2.05, 4.69) is 9.97 Å². The van der Waals surface area contributed by atoms with Crippen LogP contribution in [0.3, 0.4) is 0 Å². The molecular formula is C29H27F2N3O5S. The average Bonchev–Trinajstić information content (AvgIpc) is 2.97. The molecule has 2 heterocycles. The van der Waals surface area contributed by atoms with Crippen molar-refractivity contribution >= 4 is 32.8 Å². The number of amides is 1. The van der Waals surface area contributed by atoms with Gasteiger partial charge in [-0.25, -0.2) is 22.2 Å². The van der Waals surface area contributed by atoms with E-state index in [9.17, 15) is 22.0 Å². The molecule has 40 heavy (non-hydrogen) atoms. The van der Waals surface area contributed by atoms with E-state index in [1.54, 1.807) is 29.3 Å². The zero-order valence-electron chi connectivity index (χ0n) is 21.9. The van der Waals surface area contributed by atoms with E-state index < -0.39 is 26.4 Å². The standard InChI is InChI=1S/C29H27F2N3O5S/c1-38-28-22-12-18(8-10-24(22)32-16-25(28)34(17-35)21-6-4-3-5-7-21)19-13-27(29(39-2)33-15-19)40(36,37)26-11-9-20(30)14-23(26)31/h8-17,21H,3-7H2,1-2H3. The van der Waals surface area contributed by atoms with E-state index in [0.717, 1.165) is 50.6 Å². The number of hydrogen-bond acceptors (Lipinski definition) is 7. The van der Waals surface area contributed by atoms with Crippen LogP contribution < -0.4 is 14.4 Å². The van der Waals surface area contributed by atoms with Gasteiger partial charge in [0, 0.05) is 29.3 Å². The number of ether oxygens (including phenoxy) is 2. The topological polar surface area (TPSA) is 98.7 Å². The van der Waals surface area contributed by atoms with Crippen LogP contribution in [0.25, 0.3) is 22.0 Å². The van der Waals surface area contributed by atoms with E-state index in [-0.39, 0.29) is 16.8 Å². The Labute approximate surface area is 230 Å². The average molecular weight is 568 g/mol. The molecule has 0 saturated heterocycles. The van der Waals surface area contributed by atoms with Crippen LogP contribution in [0.1, 0.15) is 32.1 Å². The molecule has 1 fully saturated rings. The summed E-state index contributed by atoms with van der Waals surface area (Å²) in [5.74, 6) is -1.89. The number of rotatable bonds is 8. The van der Waals surface area contributed by atoms with E-state index in [1.807, 2.05) is 0 Å². The van der Waals surface area contributed by atoms with E-state index in [4.69, 9.17) is 9.47 Å². The van der Waals surface area contributed by atoms with Crippen molar-refractivity contribution in [3.05, 3.63) is 66.5 Å². The molecule has 1 amide bonds. The first-order valence-electron chi connectivity index (χ1n) is 12.7. The van der Waals surface area contributed by atoms with E-state index >= 15 is 0 Å². The summed E-state index contributed by atoms with van der Waals surface area (Å²) in [6.45, 7) is 0. The molecule has 1 aliphatic carbocycles. The summed E-state index contributed by atoms with van der Waals surface area (Å²) in [7, 11) is -1.69. The van der Waals surface area contributed by atoms with Gasteiger partial charge in [0.25, 0.3) is 0 Å². The number of methoxy groups -OCH3 is 2. The van der Waals surface area contributed by atoms with Crippen molar-refractivity contribution in [2.75, 3.05) is 19.1 Å². The molecule has 0 unspecified atom stereocenters. The second kappa shape index (κ2) is 11.2. The number of fused-ring (bicyclic) bond motifs is 1. The van der Waals surface area contributed by atoms with Crippen LogP contribution in [0.2, 0.25) is 0 Å². The van der Waals surface area contributed by atoms with Crippen LogP contribution in [-0.2, 0) is 14.6 Å². The Bertz CT molecular complexity index is 1690. The molecule has 0 radical (unpaired) electrons. The van der Waals surface area contributed by atoms with Gasteiger partial charge >= 0.3 is 0 Å². The number of carbonyl (C=O) groups is 1. The largest absolute Gasteiger partial charge is 0.494 e. The number of pyridine rings is 2. The Morgan fingerprint density at radius 1 is 0.900 bits per heavy atom. The minimum Gasteiger partial charge on any atom is -0.494 e.